The molecule has 1 aliphatic heterocycles. The van der Waals surface area contributed by atoms with Gasteiger partial charge in [-0.3, -0.25) is 4.90 Å². The van der Waals surface area contributed by atoms with E-state index in [9.17, 15) is 0 Å². The predicted octanol–water partition coefficient (Wildman–Crippen LogP) is 0.430. The van der Waals surface area contributed by atoms with Gasteiger partial charge in [-0.1, -0.05) is 5.16 Å². The molecule has 0 aliphatic carbocycles. The van der Waals surface area contributed by atoms with Crippen LogP contribution in [0.5, 0.6) is 0 Å². The van der Waals surface area contributed by atoms with Crippen LogP contribution in [0.4, 0.5) is 0 Å². The summed E-state index contributed by atoms with van der Waals surface area (Å²) in [5.41, 5.74) is -0.165. The summed E-state index contributed by atoms with van der Waals surface area (Å²) in [5, 5.41) is 12.2. The molecule has 0 aromatic carbocycles. The molecule has 1 heterocycles. The number of nitrogens with zero attached hydrogens (tertiary/aromatic N) is 3. The Labute approximate surface area is 73.5 Å². The van der Waals surface area contributed by atoms with E-state index in [-0.39, 0.29) is 5.54 Å². The van der Waals surface area contributed by atoms with Crippen molar-refractivity contribution in [1.29, 1.82) is 0 Å². The molecule has 4 nitrogen and oxygen atoms in total. The van der Waals surface area contributed by atoms with Crippen molar-refractivity contribution in [2.75, 3.05) is 27.2 Å². The van der Waals surface area contributed by atoms with E-state index >= 15 is 0 Å². The van der Waals surface area contributed by atoms with Crippen LogP contribution in [-0.2, 0) is 0 Å². The van der Waals surface area contributed by atoms with Crippen molar-refractivity contribution in [1.82, 2.24) is 9.80 Å². The van der Waals surface area contributed by atoms with E-state index in [1.165, 1.54) is 0 Å². The van der Waals surface area contributed by atoms with Crippen LogP contribution >= 0.6 is 0 Å². The maximum absolute atomic E-state index is 8.83. The summed E-state index contributed by atoms with van der Waals surface area (Å²) in [7, 11) is 3.99. The van der Waals surface area contributed by atoms with Gasteiger partial charge >= 0.3 is 0 Å². The average molecular weight is 171 g/mol. The Bertz CT molecular complexity index is 200. The lowest BCUT2D eigenvalue weighted by molar-refractivity contribution is 0.150. The van der Waals surface area contributed by atoms with E-state index in [0.717, 1.165) is 18.9 Å². The average Bonchev–Trinajstić information content (AvgIpc) is 1.98. The molecular weight excluding hydrogens is 154 g/mol. The van der Waals surface area contributed by atoms with Crippen molar-refractivity contribution in [2.45, 2.75) is 19.4 Å². The van der Waals surface area contributed by atoms with Gasteiger partial charge in [-0.25, -0.2) is 0 Å². The number of likely N-dealkylation sites (N-methyl/N-ethyl adjacent to an activating group) is 2. The molecule has 0 saturated carbocycles. The van der Waals surface area contributed by atoms with Gasteiger partial charge in [0.15, 0.2) is 5.84 Å². The van der Waals surface area contributed by atoms with E-state index in [1.807, 2.05) is 19.0 Å². The fourth-order valence-corrected chi connectivity index (χ4v) is 1.52. The zero-order valence-corrected chi connectivity index (χ0v) is 8.20. The summed E-state index contributed by atoms with van der Waals surface area (Å²) >= 11 is 0. The van der Waals surface area contributed by atoms with Gasteiger partial charge in [-0.15, -0.1) is 0 Å². The van der Waals surface area contributed by atoms with Crippen molar-refractivity contribution < 1.29 is 5.21 Å². The summed E-state index contributed by atoms with van der Waals surface area (Å²) in [5.74, 6) is 0.733. The molecule has 0 amide bonds. The highest BCUT2D eigenvalue weighted by atomic mass is 16.4. The maximum Gasteiger partial charge on any atom is 0.164 e. The molecule has 4 heteroatoms. The fraction of sp³-hybridized carbons (Fsp3) is 0.875. The number of amidine groups is 1. The first-order chi connectivity index (χ1) is 5.50. The van der Waals surface area contributed by atoms with Crippen LogP contribution in [0.15, 0.2) is 5.16 Å². The van der Waals surface area contributed by atoms with Crippen molar-refractivity contribution >= 4 is 5.84 Å². The van der Waals surface area contributed by atoms with Gasteiger partial charge in [0.2, 0.25) is 0 Å². The van der Waals surface area contributed by atoms with E-state index in [0.29, 0.717) is 0 Å². The summed E-state index contributed by atoms with van der Waals surface area (Å²) in [6.45, 7) is 6.03. The zero-order valence-electron chi connectivity index (χ0n) is 8.20. The van der Waals surface area contributed by atoms with Crippen molar-refractivity contribution in [2.24, 2.45) is 5.16 Å². The molecule has 1 N–H and O–H groups in total. The number of hydrogen-bond donors (Lipinski definition) is 1. The Kier molecular flexibility index (Phi) is 2.28. The fourth-order valence-electron chi connectivity index (χ4n) is 1.52. The molecule has 0 unspecified atom stereocenters. The molecule has 1 aliphatic rings. The third-order valence-electron chi connectivity index (χ3n) is 2.73. The van der Waals surface area contributed by atoms with Gasteiger partial charge in [-0.05, 0) is 20.9 Å². The van der Waals surface area contributed by atoms with Crippen LogP contribution in [0.25, 0.3) is 0 Å². The molecule has 70 valence electrons. The summed E-state index contributed by atoms with van der Waals surface area (Å²) < 4.78 is 0. The second-order valence-corrected chi connectivity index (χ2v) is 3.83. The predicted molar refractivity (Wildman–Crippen MR) is 48.6 cm³/mol. The van der Waals surface area contributed by atoms with E-state index in [4.69, 9.17) is 5.21 Å². The largest absolute Gasteiger partial charge is 0.409 e. The van der Waals surface area contributed by atoms with Crippen molar-refractivity contribution in [3.63, 3.8) is 0 Å². The quantitative estimate of drug-likeness (QED) is 0.424. The Morgan fingerprint density at radius 3 is 2.33 bits per heavy atom. The molecule has 1 rings (SSSR count). The number of hydrogen-bond acceptors (Lipinski definition) is 3. The molecule has 12 heavy (non-hydrogen) atoms. The lowest BCUT2D eigenvalue weighted by Gasteiger charge is -2.44. The molecule has 0 spiro atoms. The summed E-state index contributed by atoms with van der Waals surface area (Å²) in [4.78, 5) is 4.17. The number of oxime groups is 1. The molecule has 0 bridgehead atoms. The highest BCUT2D eigenvalue weighted by Gasteiger charge is 2.36. The van der Waals surface area contributed by atoms with E-state index < -0.39 is 0 Å². The first kappa shape index (κ1) is 9.32. The van der Waals surface area contributed by atoms with Gasteiger partial charge in [0, 0.05) is 20.1 Å². The monoisotopic (exact) mass is 171 g/mol. The topological polar surface area (TPSA) is 39.1 Å². The van der Waals surface area contributed by atoms with Crippen LogP contribution < -0.4 is 0 Å². The smallest absolute Gasteiger partial charge is 0.164 e. The highest BCUT2D eigenvalue weighted by molar-refractivity contribution is 5.90. The Balaban J connectivity index is 2.92. The Morgan fingerprint density at radius 2 is 1.92 bits per heavy atom. The molecule has 0 atom stereocenters. The van der Waals surface area contributed by atoms with Crippen LogP contribution in [0.3, 0.4) is 0 Å². The molecule has 1 fully saturated rings. The summed E-state index contributed by atoms with van der Waals surface area (Å²) in [6, 6.07) is 0. The molecule has 1 saturated heterocycles. The van der Waals surface area contributed by atoms with E-state index in [2.05, 4.69) is 23.9 Å². The zero-order chi connectivity index (χ0) is 9.35. The van der Waals surface area contributed by atoms with Gasteiger partial charge in [-0.2, -0.15) is 0 Å². The van der Waals surface area contributed by atoms with Gasteiger partial charge < -0.3 is 10.1 Å². The highest BCUT2D eigenvalue weighted by Crippen LogP contribution is 2.20. The molecule has 0 aromatic rings. The first-order valence-corrected chi connectivity index (χ1v) is 4.15. The van der Waals surface area contributed by atoms with Crippen LogP contribution in [-0.4, -0.2) is 53.6 Å². The minimum atomic E-state index is -0.165. The SMILES string of the molecule is CN1CCN(C)C(C)(C)/C1=N\O. The number of rotatable bonds is 0. The van der Waals surface area contributed by atoms with Gasteiger partial charge in [0.25, 0.3) is 0 Å². The Hall–Kier alpha value is -0.770. The first-order valence-electron chi connectivity index (χ1n) is 4.15. The normalized spacial score (nSPS) is 28.0. The molecule has 0 aromatic heterocycles. The lowest BCUT2D eigenvalue weighted by Crippen LogP contribution is -2.60. The van der Waals surface area contributed by atoms with Crippen LogP contribution in [0.2, 0.25) is 0 Å². The molecule has 0 radical (unpaired) electrons. The van der Waals surface area contributed by atoms with Crippen molar-refractivity contribution in [3.8, 4) is 0 Å². The molecular formula is C8H17N3O. The third kappa shape index (κ3) is 1.27. The minimum Gasteiger partial charge on any atom is -0.409 e. The van der Waals surface area contributed by atoms with Crippen molar-refractivity contribution in [3.05, 3.63) is 0 Å². The van der Waals surface area contributed by atoms with Crippen LogP contribution in [0.1, 0.15) is 13.8 Å². The number of piperazine rings is 1. The van der Waals surface area contributed by atoms with Gasteiger partial charge in [0.05, 0.1) is 5.54 Å². The standard InChI is InChI=1S/C8H17N3O/c1-8(2)7(9-12)10(3)5-6-11(8)4/h12H,5-6H2,1-4H3/b9-7+. The Morgan fingerprint density at radius 1 is 1.33 bits per heavy atom. The van der Waals surface area contributed by atoms with Crippen LogP contribution in [0, 0.1) is 0 Å². The third-order valence-corrected chi connectivity index (χ3v) is 2.73. The minimum absolute atomic E-state index is 0.165. The second-order valence-electron chi connectivity index (χ2n) is 3.83. The maximum atomic E-state index is 8.83. The summed E-state index contributed by atoms with van der Waals surface area (Å²) in [6.07, 6.45) is 0. The second kappa shape index (κ2) is 2.94. The lowest BCUT2D eigenvalue weighted by atomic mass is 9.98. The van der Waals surface area contributed by atoms with E-state index in [1.54, 1.807) is 0 Å². The van der Waals surface area contributed by atoms with Gasteiger partial charge in [0.1, 0.15) is 0 Å².